The minimum atomic E-state index is -1.89. The van der Waals surface area contributed by atoms with Crippen molar-refractivity contribution in [3.8, 4) is 39.1 Å². The third kappa shape index (κ3) is 4.36. The molecule has 3 aromatic heterocycles. The van der Waals surface area contributed by atoms with Crippen LogP contribution in [0.3, 0.4) is 0 Å². The fraction of sp³-hybridized carbons (Fsp3) is 0.0370. The Labute approximate surface area is 339 Å². The van der Waals surface area contributed by atoms with Crippen LogP contribution < -0.4 is 10.4 Å². The highest BCUT2D eigenvalue weighted by molar-refractivity contribution is 7.26. The number of para-hydroxylation sites is 2. The summed E-state index contributed by atoms with van der Waals surface area (Å²) < 4.78 is 11.8. The number of hydrogen-bond donors (Lipinski definition) is 0. The maximum Gasteiger partial charge on any atom is 0.143 e. The minimum absolute atomic E-state index is 0.907. The van der Waals surface area contributed by atoms with E-state index in [1.165, 1.54) is 86.3 Å². The number of benzene rings is 9. The van der Waals surface area contributed by atoms with Crippen molar-refractivity contribution in [3.05, 3.63) is 176 Å². The first-order valence-electron chi connectivity index (χ1n) is 20.1. The topological polar surface area (TPSA) is 18.1 Å². The number of hydrogen-bond acceptors (Lipinski definition) is 2. The molecule has 0 saturated heterocycles. The number of thiophene rings is 1. The van der Waals surface area contributed by atoms with Gasteiger partial charge in [-0.2, -0.15) is 0 Å². The molecule has 1 aliphatic heterocycles. The molecule has 12 aromatic rings. The molecule has 0 aliphatic carbocycles. The molecule has 58 heavy (non-hydrogen) atoms. The summed E-state index contributed by atoms with van der Waals surface area (Å²) in [4.78, 5) is 0. The second-order valence-electron chi connectivity index (χ2n) is 16.4. The molecule has 0 N–H and O–H groups in total. The molecule has 0 radical (unpaired) electrons. The average Bonchev–Trinajstić information content (AvgIpc) is 4.00. The van der Waals surface area contributed by atoms with E-state index in [0.29, 0.717) is 0 Å². The van der Waals surface area contributed by atoms with Crippen molar-refractivity contribution in [2.75, 3.05) is 0 Å². The number of aromatic nitrogens is 1. The van der Waals surface area contributed by atoms with Crippen molar-refractivity contribution in [2.24, 2.45) is 0 Å². The Hall–Kier alpha value is -6.72. The van der Waals surface area contributed by atoms with Crippen LogP contribution in [0.25, 0.3) is 114 Å². The van der Waals surface area contributed by atoms with E-state index in [9.17, 15) is 0 Å². The standard InChI is InChI=1S/C54H35NOSSi/c1-58(2)51-20-8-5-13-38(51)43-26-22-32-21-25-35(31-44(32)54(43)58)55-47-18-6-3-11-36(47)45-29-33(23-27-48(45)55)34-24-28-49-46(30-34)40-15-9-14-39(52(40)56-49)42-17-10-16-41-37-12-4-7-19-50(37)57-53(41)42/h3-31H,1-2H3. The highest BCUT2D eigenvalue weighted by atomic mass is 32.1. The molecule has 272 valence electrons. The van der Waals surface area contributed by atoms with E-state index in [2.05, 4.69) is 194 Å². The fourth-order valence-electron chi connectivity index (χ4n) is 10.3. The smallest absolute Gasteiger partial charge is 0.143 e. The normalized spacial score (nSPS) is 13.5. The highest BCUT2D eigenvalue weighted by Crippen LogP contribution is 2.44. The number of furan rings is 1. The van der Waals surface area contributed by atoms with Crippen molar-refractivity contribution in [1.82, 2.24) is 4.57 Å². The molecule has 9 aromatic carbocycles. The van der Waals surface area contributed by atoms with Gasteiger partial charge in [-0.1, -0.05) is 140 Å². The summed E-state index contributed by atoms with van der Waals surface area (Å²) >= 11 is 1.86. The molecule has 0 atom stereocenters. The van der Waals surface area contributed by atoms with Crippen LogP contribution in [-0.4, -0.2) is 12.6 Å². The third-order valence-corrected chi connectivity index (χ3v) is 17.8. The molecular formula is C54H35NOSSi. The summed E-state index contributed by atoms with van der Waals surface area (Å²) in [6.07, 6.45) is 0. The van der Waals surface area contributed by atoms with Gasteiger partial charge >= 0.3 is 0 Å². The van der Waals surface area contributed by atoms with Gasteiger partial charge in [-0.25, -0.2) is 0 Å². The van der Waals surface area contributed by atoms with Crippen LogP contribution in [0.15, 0.2) is 180 Å². The van der Waals surface area contributed by atoms with Crippen LogP contribution in [0.2, 0.25) is 13.1 Å². The predicted molar refractivity (Wildman–Crippen MR) is 252 cm³/mol. The van der Waals surface area contributed by atoms with Crippen LogP contribution in [0.5, 0.6) is 0 Å². The van der Waals surface area contributed by atoms with Gasteiger partial charge < -0.3 is 8.98 Å². The molecule has 0 bridgehead atoms. The Kier molecular flexibility index (Phi) is 6.51. The van der Waals surface area contributed by atoms with Crippen molar-refractivity contribution in [2.45, 2.75) is 13.1 Å². The van der Waals surface area contributed by atoms with Gasteiger partial charge in [-0.3, -0.25) is 0 Å². The Morgan fingerprint density at radius 3 is 2.07 bits per heavy atom. The zero-order chi connectivity index (χ0) is 38.3. The van der Waals surface area contributed by atoms with Crippen LogP contribution in [0, 0.1) is 0 Å². The van der Waals surface area contributed by atoms with Gasteiger partial charge in [-0.05, 0) is 91.9 Å². The number of fused-ring (bicyclic) bond motifs is 14. The monoisotopic (exact) mass is 773 g/mol. The third-order valence-electron chi connectivity index (χ3n) is 13.0. The van der Waals surface area contributed by atoms with E-state index < -0.39 is 8.07 Å². The van der Waals surface area contributed by atoms with Gasteiger partial charge in [0.25, 0.3) is 0 Å². The number of nitrogens with zero attached hydrogens (tertiary/aromatic N) is 1. The molecule has 0 fully saturated rings. The zero-order valence-corrected chi connectivity index (χ0v) is 33.8. The molecule has 4 heterocycles. The maximum atomic E-state index is 6.73. The quantitative estimate of drug-likeness (QED) is 0.164. The summed E-state index contributed by atoms with van der Waals surface area (Å²) in [7, 11) is -1.89. The molecule has 4 heteroatoms. The summed E-state index contributed by atoms with van der Waals surface area (Å²) in [6.45, 7) is 5.03. The first-order chi connectivity index (χ1) is 28.5. The second-order valence-corrected chi connectivity index (χ2v) is 21.8. The summed E-state index contributed by atoms with van der Waals surface area (Å²) in [5.41, 5.74) is 13.0. The second kappa shape index (κ2) is 11.7. The van der Waals surface area contributed by atoms with Gasteiger partial charge in [0.05, 0.1) is 11.0 Å². The maximum absolute atomic E-state index is 6.73. The SMILES string of the molecule is C[Si]1(C)c2ccccc2-c2ccc3ccc(-n4c5ccccc5c5cc(-c6ccc7oc8c(-c9cccc%10c9sc9ccccc9%10)cccc8c7c6)ccc54)cc3c21. The molecule has 0 saturated carbocycles. The molecule has 1 aliphatic rings. The van der Waals surface area contributed by atoms with Crippen molar-refractivity contribution in [3.63, 3.8) is 0 Å². The lowest BCUT2D eigenvalue weighted by atomic mass is 9.98. The molecule has 0 spiro atoms. The van der Waals surface area contributed by atoms with E-state index >= 15 is 0 Å². The van der Waals surface area contributed by atoms with E-state index in [-0.39, 0.29) is 0 Å². The molecule has 0 unspecified atom stereocenters. The lowest BCUT2D eigenvalue weighted by molar-refractivity contribution is 0.670. The molecule has 2 nitrogen and oxygen atoms in total. The van der Waals surface area contributed by atoms with E-state index in [4.69, 9.17) is 4.42 Å². The average molecular weight is 774 g/mol. The van der Waals surface area contributed by atoms with E-state index in [1.807, 2.05) is 11.3 Å². The predicted octanol–water partition coefficient (Wildman–Crippen LogP) is 14.3. The van der Waals surface area contributed by atoms with Gasteiger partial charge in [0.15, 0.2) is 0 Å². The Bertz CT molecular complexity index is 3730. The minimum Gasteiger partial charge on any atom is -0.455 e. The lowest BCUT2D eigenvalue weighted by Gasteiger charge is -2.21. The van der Waals surface area contributed by atoms with Gasteiger partial charge in [0, 0.05) is 58.5 Å². The largest absolute Gasteiger partial charge is 0.455 e. The van der Waals surface area contributed by atoms with Crippen molar-refractivity contribution >= 4 is 104 Å². The summed E-state index contributed by atoms with van der Waals surface area (Å²) in [5.74, 6) is 0. The van der Waals surface area contributed by atoms with Crippen LogP contribution in [-0.2, 0) is 0 Å². The van der Waals surface area contributed by atoms with Crippen LogP contribution in [0.4, 0.5) is 0 Å². The van der Waals surface area contributed by atoms with Crippen molar-refractivity contribution in [1.29, 1.82) is 0 Å². The van der Waals surface area contributed by atoms with Gasteiger partial charge in [0.2, 0.25) is 0 Å². The van der Waals surface area contributed by atoms with Crippen LogP contribution >= 0.6 is 11.3 Å². The summed E-state index contributed by atoms with van der Waals surface area (Å²) in [5, 5.41) is 13.2. The first kappa shape index (κ1) is 32.4. The zero-order valence-electron chi connectivity index (χ0n) is 32.0. The van der Waals surface area contributed by atoms with E-state index in [1.54, 1.807) is 10.4 Å². The van der Waals surface area contributed by atoms with E-state index in [0.717, 1.165) is 27.5 Å². The Morgan fingerprint density at radius 2 is 1.16 bits per heavy atom. The Morgan fingerprint density at radius 1 is 0.466 bits per heavy atom. The van der Waals surface area contributed by atoms with Gasteiger partial charge in [-0.15, -0.1) is 11.3 Å². The number of rotatable bonds is 3. The molecular weight excluding hydrogens is 739 g/mol. The van der Waals surface area contributed by atoms with Crippen molar-refractivity contribution < 1.29 is 4.42 Å². The molecule has 0 amide bonds. The first-order valence-corrected chi connectivity index (χ1v) is 23.9. The van der Waals surface area contributed by atoms with Crippen LogP contribution in [0.1, 0.15) is 0 Å². The Balaban J connectivity index is 0.956. The highest BCUT2D eigenvalue weighted by Gasteiger charge is 2.38. The van der Waals surface area contributed by atoms with Gasteiger partial charge in [0.1, 0.15) is 19.2 Å². The fourth-order valence-corrected chi connectivity index (χ4v) is 15.0. The lowest BCUT2D eigenvalue weighted by Crippen LogP contribution is -2.49. The molecule has 13 rings (SSSR count). The summed E-state index contributed by atoms with van der Waals surface area (Å²) in [6, 6.07) is 65.3.